The number of carbonyl (C=O) groups is 1. The highest BCUT2D eigenvalue weighted by Gasteiger charge is 2.44. The van der Waals surface area contributed by atoms with Crippen LogP contribution in [-0.4, -0.2) is 17.4 Å². The fraction of sp³-hybridized carbons (Fsp3) is 0.321. The lowest BCUT2D eigenvalue weighted by Crippen LogP contribution is -2.56. The molecule has 3 aromatic rings. The summed E-state index contributed by atoms with van der Waals surface area (Å²) in [6.45, 7) is 7.76. The first kappa shape index (κ1) is 21.9. The van der Waals surface area contributed by atoms with E-state index in [9.17, 15) is 4.79 Å². The smallest absolute Gasteiger partial charge is 0.258 e. The van der Waals surface area contributed by atoms with Gasteiger partial charge in [0, 0.05) is 12.2 Å². The lowest BCUT2D eigenvalue weighted by atomic mass is 9.89. The zero-order valence-corrected chi connectivity index (χ0v) is 19.2. The van der Waals surface area contributed by atoms with E-state index in [2.05, 4.69) is 50.4 Å². The molecule has 0 saturated heterocycles. The summed E-state index contributed by atoms with van der Waals surface area (Å²) in [7, 11) is 0. The van der Waals surface area contributed by atoms with Crippen LogP contribution in [0.2, 0.25) is 0 Å². The van der Waals surface area contributed by atoms with Gasteiger partial charge in [-0.3, -0.25) is 4.79 Å². The zero-order valence-electron chi connectivity index (χ0n) is 19.2. The number of nitrogens with one attached hydrogen (secondary N) is 1. The van der Waals surface area contributed by atoms with E-state index in [1.165, 1.54) is 0 Å². The van der Waals surface area contributed by atoms with Crippen molar-refractivity contribution in [1.82, 2.24) is 4.90 Å². The first-order valence-corrected chi connectivity index (χ1v) is 11.5. The summed E-state index contributed by atoms with van der Waals surface area (Å²) in [5, 5.41) is 3.72. The third-order valence-electron chi connectivity index (χ3n) is 6.20. The molecule has 0 bridgehead atoms. The van der Waals surface area contributed by atoms with Gasteiger partial charge < -0.3 is 15.0 Å². The standard InChI is InChI=1S/C28H32N2O2/c1-4-28(23-14-16-24(17-15-23)32-19-18-21(2)3)29-26-13-9-8-12-25(26)27(31)30(28)20-22-10-6-5-7-11-22/h5-17,21,29H,4,18-20H2,1-3H3. The summed E-state index contributed by atoms with van der Waals surface area (Å²) in [5.41, 5.74) is 3.10. The Bertz CT molecular complexity index is 1050. The number of anilines is 1. The molecule has 1 aliphatic heterocycles. The average molecular weight is 429 g/mol. The van der Waals surface area contributed by atoms with E-state index in [4.69, 9.17) is 4.74 Å². The van der Waals surface area contributed by atoms with Crippen LogP contribution in [0.4, 0.5) is 5.69 Å². The Morgan fingerprint density at radius 2 is 1.62 bits per heavy atom. The number of benzene rings is 3. The van der Waals surface area contributed by atoms with Crippen molar-refractivity contribution in [3.63, 3.8) is 0 Å². The molecule has 1 amide bonds. The monoisotopic (exact) mass is 428 g/mol. The summed E-state index contributed by atoms with van der Waals surface area (Å²) >= 11 is 0. The van der Waals surface area contributed by atoms with Gasteiger partial charge >= 0.3 is 0 Å². The summed E-state index contributed by atoms with van der Waals surface area (Å²) in [6, 6.07) is 26.1. The highest BCUT2D eigenvalue weighted by Crippen LogP contribution is 2.41. The van der Waals surface area contributed by atoms with Gasteiger partial charge in [0.1, 0.15) is 11.4 Å². The quantitative estimate of drug-likeness (QED) is 0.449. The van der Waals surface area contributed by atoms with Crippen LogP contribution >= 0.6 is 0 Å². The Labute approximate surface area is 191 Å². The molecule has 0 radical (unpaired) electrons. The van der Waals surface area contributed by atoms with E-state index in [0.29, 0.717) is 24.6 Å². The zero-order chi connectivity index (χ0) is 22.6. The third kappa shape index (κ3) is 4.36. The third-order valence-corrected chi connectivity index (χ3v) is 6.20. The molecule has 4 heteroatoms. The predicted octanol–water partition coefficient (Wildman–Crippen LogP) is 6.44. The minimum absolute atomic E-state index is 0.0438. The van der Waals surface area contributed by atoms with Crippen LogP contribution in [0, 0.1) is 5.92 Å². The molecule has 166 valence electrons. The highest BCUT2D eigenvalue weighted by atomic mass is 16.5. The van der Waals surface area contributed by atoms with Crippen molar-refractivity contribution in [2.75, 3.05) is 11.9 Å². The van der Waals surface area contributed by atoms with Gasteiger partial charge in [-0.25, -0.2) is 0 Å². The van der Waals surface area contributed by atoms with Gasteiger partial charge in [0.25, 0.3) is 5.91 Å². The molecule has 3 aromatic carbocycles. The van der Waals surface area contributed by atoms with Crippen molar-refractivity contribution in [3.05, 3.63) is 95.6 Å². The maximum absolute atomic E-state index is 13.7. The SMILES string of the molecule is CCC1(c2ccc(OCCC(C)C)cc2)Nc2ccccc2C(=O)N1Cc1ccccc1. The van der Waals surface area contributed by atoms with Crippen LogP contribution < -0.4 is 10.1 Å². The second kappa shape index (κ2) is 9.47. The molecular weight excluding hydrogens is 396 g/mol. The van der Waals surface area contributed by atoms with E-state index in [1.807, 2.05) is 59.5 Å². The number of rotatable bonds is 8. The van der Waals surface area contributed by atoms with Crippen molar-refractivity contribution < 1.29 is 9.53 Å². The molecular formula is C28H32N2O2. The first-order chi connectivity index (χ1) is 15.5. The second-order valence-corrected chi connectivity index (χ2v) is 8.82. The van der Waals surface area contributed by atoms with E-state index in [1.54, 1.807) is 0 Å². The maximum atomic E-state index is 13.7. The fourth-order valence-electron chi connectivity index (χ4n) is 4.31. The Morgan fingerprint density at radius 1 is 0.938 bits per heavy atom. The van der Waals surface area contributed by atoms with Crippen molar-refractivity contribution >= 4 is 11.6 Å². The van der Waals surface area contributed by atoms with E-state index >= 15 is 0 Å². The predicted molar refractivity (Wildman–Crippen MR) is 130 cm³/mol. The number of fused-ring (bicyclic) bond motifs is 1. The Balaban J connectivity index is 1.70. The van der Waals surface area contributed by atoms with E-state index in [0.717, 1.165) is 35.4 Å². The number of carbonyl (C=O) groups excluding carboxylic acids is 1. The molecule has 0 aliphatic carbocycles. The minimum atomic E-state index is -0.641. The number of amides is 1. The highest BCUT2D eigenvalue weighted by molar-refractivity contribution is 6.02. The molecule has 1 unspecified atom stereocenters. The van der Waals surface area contributed by atoms with Crippen LogP contribution in [0.5, 0.6) is 5.75 Å². The molecule has 32 heavy (non-hydrogen) atoms. The summed E-state index contributed by atoms with van der Waals surface area (Å²) in [5.74, 6) is 1.52. The molecule has 4 nitrogen and oxygen atoms in total. The molecule has 1 heterocycles. The fourth-order valence-corrected chi connectivity index (χ4v) is 4.31. The molecule has 1 aliphatic rings. The van der Waals surface area contributed by atoms with E-state index < -0.39 is 5.66 Å². The Morgan fingerprint density at radius 3 is 2.31 bits per heavy atom. The first-order valence-electron chi connectivity index (χ1n) is 11.5. The largest absolute Gasteiger partial charge is 0.494 e. The molecule has 1 N–H and O–H groups in total. The van der Waals surface area contributed by atoms with Crippen molar-refractivity contribution in [2.24, 2.45) is 5.92 Å². The summed E-state index contributed by atoms with van der Waals surface area (Å²) < 4.78 is 5.92. The minimum Gasteiger partial charge on any atom is -0.494 e. The average Bonchev–Trinajstić information content (AvgIpc) is 2.82. The Kier molecular flexibility index (Phi) is 6.50. The van der Waals surface area contributed by atoms with Gasteiger partial charge in [0.05, 0.1) is 12.2 Å². The topological polar surface area (TPSA) is 41.6 Å². The van der Waals surface area contributed by atoms with Crippen molar-refractivity contribution in [3.8, 4) is 5.75 Å². The van der Waals surface area contributed by atoms with Gasteiger partial charge in [-0.2, -0.15) is 0 Å². The lowest BCUT2D eigenvalue weighted by Gasteiger charge is -2.48. The maximum Gasteiger partial charge on any atom is 0.258 e. The summed E-state index contributed by atoms with van der Waals surface area (Å²) in [6.07, 6.45) is 1.76. The number of ether oxygens (including phenoxy) is 1. The molecule has 0 spiro atoms. The molecule has 0 aromatic heterocycles. The van der Waals surface area contributed by atoms with Crippen molar-refractivity contribution in [2.45, 2.75) is 45.8 Å². The van der Waals surface area contributed by atoms with Gasteiger partial charge in [0.15, 0.2) is 0 Å². The molecule has 4 rings (SSSR count). The van der Waals surface area contributed by atoms with Gasteiger partial charge in [0.2, 0.25) is 0 Å². The van der Waals surface area contributed by atoms with Gasteiger partial charge in [-0.1, -0.05) is 75.4 Å². The summed E-state index contributed by atoms with van der Waals surface area (Å²) in [4.78, 5) is 15.7. The molecule has 0 saturated carbocycles. The van der Waals surface area contributed by atoms with Gasteiger partial charge in [-0.05, 0) is 54.2 Å². The molecule has 1 atom stereocenters. The van der Waals surface area contributed by atoms with Crippen LogP contribution in [0.3, 0.4) is 0 Å². The van der Waals surface area contributed by atoms with Gasteiger partial charge in [-0.15, -0.1) is 0 Å². The number of para-hydroxylation sites is 1. The number of nitrogens with zero attached hydrogens (tertiary/aromatic N) is 1. The van der Waals surface area contributed by atoms with Crippen LogP contribution in [0.25, 0.3) is 0 Å². The number of hydrogen-bond donors (Lipinski definition) is 1. The van der Waals surface area contributed by atoms with Crippen molar-refractivity contribution in [1.29, 1.82) is 0 Å². The van der Waals surface area contributed by atoms with Crippen LogP contribution in [0.1, 0.15) is 55.1 Å². The Hall–Kier alpha value is -3.27. The van der Waals surface area contributed by atoms with Crippen LogP contribution in [0.15, 0.2) is 78.9 Å². The van der Waals surface area contributed by atoms with Crippen LogP contribution in [-0.2, 0) is 12.2 Å². The molecule has 0 fully saturated rings. The second-order valence-electron chi connectivity index (χ2n) is 8.82. The van der Waals surface area contributed by atoms with E-state index in [-0.39, 0.29) is 5.91 Å². The number of hydrogen-bond acceptors (Lipinski definition) is 3. The normalized spacial score (nSPS) is 17.8. The lowest BCUT2D eigenvalue weighted by molar-refractivity contribution is 0.0454.